The summed E-state index contributed by atoms with van der Waals surface area (Å²) in [6.45, 7) is 0.806. The van der Waals surface area contributed by atoms with Gasteiger partial charge in [0.15, 0.2) is 0 Å². The summed E-state index contributed by atoms with van der Waals surface area (Å²) in [4.78, 5) is 24.9. The van der Waals surface area contributed by atoms with E-state index in [2.05, 4.69) is 5.32 Å². The highest BCUT2D eigenvalue weighted by Crippen LogP contribution is 2.22. The normalized spacial score (nSPS) is 15.4. The molecule has 1 aromatic rings. The van der Waals surface area contributed by atoms with Crippen LogP contribution < -0.4 is 10.2 Å². The number of amides is 2. The number of carbonyl (C=O) groups excluding carboxylic acids is 2. The zero-order chi connectivity index (χ0) is 13.7. The molecule has 1 aliphatic heterocycles. The maximum atomic E-state index is 11.8. The minimum atomic E-state index is -0.190. The first-order valence-electron chi connectivity index (χ1n) is 6.40. The molecular weight excluding hydrogens is 244 g/mol. The monoisotopic (exact) mass is 262 g/mol. The van der Waals surface area contributed by atoms with Crippen molar-refractivity contribution in [1.82, 2.24) is 0 Å². The topological polar surface area (TPSA) is 58.6 Å². The molecule has 0 atom stereocenters. The van der Waals surface area contributed by atoms with Crippen molar-refractivity contribution in [2.24, 2.45) is 0 Å². The van der Waals surface area contributed by atoms with E-state index in [1.807, 2.05) is 12.1 Å². The van der Waals surface area contributed by atoms with Gasteiger partial charge in [0, 0.05) is 31.5 Å². The van der Waals surface area contributed by atoms with Gasteiger partial charge in [0.1, 0.15) is 6.61 Å². The quantitative estimate of drug-likeness (QED) is 0.900. The van der Waals surface area contributed by atoms with Crippen LogP contribution in [0.1, 0.15) is 19.3 Å². The number of anilines is 2. The van der Waals surface area contributed by atoms with Gasteiger partial charge in [-0.1, -0.05) is 0 Å². The number of rotatable bonds is 4. The highest BCUT2D eigenvalue weighted by molar-refractivity contribution is 5.95. The van der Waals surface area contributed by atoms with Gasteiger partial charge < -0.3 is 15.0 Å². The van der Waals surface area contributed by atoms with Crippen molar-refractivity contribution in [3.8, 4) is 0 Å². The Kier molecular flexibility index (Phi) is 4.52. The van der Waals surface area contributed by atoms with Gasteiger partial charge in [-0.25, -0.2) is 0 Å². The number of piperidine rings is 1. The highest BCUT2D eigenvalue weighted by atomic mass is 16.5. The van der Waals surface area contributed by atoms with Crippen LogP contribution in [0, 0.1) is 0 Å². The summed E-state index contributed by atoms with van der Waals surface area (Å²) in [7, 11) is 1.48. The first-order valence-corrected chi connectivity index (χ1v) is 6.40. The average molecular weight is 262 g/mol. The lowest BCUT2D eigenvalue weighted by Crippen LogP contribution is -2.35. The molecule has 0 aromatic heterocycles. The number of benzene rings is 1. The first-order chi connectivity index (χ1) is 9.20. The van der Waals surface area contributed by atoms with Crippen LogP contribution in [0.4, 0.5) is 11.4 Å². The molecule has 0 spiro atoms. The molecule has 5 nitrogen and oxygen atoms in total. The summed E-state index contributed by atoms with van der Waals surface area (Å²) in [5.74, 6) is -0.0216. The van der Waals surface area contributed by atoms with E-state index in [0.29, 0.717) is 12.1 Å². The Bertz CT molecular complexity index is 456. The van der Waals surface area contributed by atoms with Gasteiger partial charge >= 0.3 is 0 Å². The standard InChI is InChI=1S/C14H18N2O3/c1-19-10-13(17)15-11-5-7-12(8-6-11)16-9-3-2-4-14(16)18/h5-8H,2-4,9-10H2,1H3,(H,15,17). The van der Waals surface area contributed by atoms with Crippen LogP contribution in [0.5, 0.6) is 0 Å². The highest BCUT2D eigenvalue weighted by Gasteiger charge is 2.19. The molecule has 0 bridgehead atoms. The Morgan fingerprint density at radius 1 is 1.32 bits per heavy atom. The summed E-state index contributed by atoms with van der Waals surface area (Å²) in [5, 5.41) is 2.72. The molecule has 1 N–H and O–H groups in total. The predicted octanol–water partition coefficient (Wildman–Crippen LogP) is 1.79. The van der Waals surface area contributed by atoms with Crippen LogP contribution in [-0.4, -0.2) is 32.1 Å². The predicted molar refractivity (Wildman–Crippen MR) is 73.2 cm³/mol. The number of hydrogen-bond acceptors (Lipinski definition) is 3. The molecule has 102 valence electrons. The van der Waals surface area contributed by atoms with Gasteiger partial charge in [-0.15, -0.1) is 0 Å². The summed E-state index contributed by atoms with van der Waals surface area (Å²) in [6.07, 6.45) is 2.63. The Balaban J connectivity index is 2.01. The van der Waals surface area contributed by atoms with E-state index in [-0.39, 0.29) is 18.4 Å². The van der Waals surface area contributed by atoms with Crippen molar-refractivity contribution in [1.29, 1.82) is 0 Å². The fourth-order valence-electron chi connectivity index (χ4n) is 2.13. The molecule has 1 fully saturated rings. The lowest BCUT2D eigenvalue weighted by atomic mass is 10.1. The Labute approximate surface area is 112 Å². The van der Waals surface area contributed by atoms with E-state index in [0.717, 1.165) is 25.1 Å². The number of methoxy groups -OCH3 is 1. The number of nitrogens with one attached hydrogen (secondary N) is 1. The third-order valence-electron chi connectivity index (χ3n) is 3.06. The molecule has 0 saturated carbocycles. The smallest absolute Gasteiger partial charge is 0.250 e. The van der Waals surface area contributed by atoms with Crippen molar-refractivity contribution in [2.75, 3.05) is 30.5 Å². The summed E-state index contributed by atoms with van der Waals surface area (Å²) >= 11 is 0. The molecule has 1 aromatic carbocycles. The van der Waals surface area contributed by atoms with Gasteiger partial charge in [-0.05, 0) is 37.1 Å². The van der Waals surface area contributed by atoms with Crippen molar-refractivity contribution >= 4 is 23.2 Å². The summed E-state index contributed by atoms with van der Waals surface area (Å²) < 4.78 is 4.74. The molecule has 1 saturated heterocycles. The van der Waals surface area contributed by atoms with E-state index >= 15 is 0 Å². The van der Waals surface area contributed by atoms with Gasteiger partial charge in [0.05, 0.1) is 0 Å². The molecule has 2 amide bonds. The first kappa shape index (κ1) is 13.5. The van der Waals surface area contributed by atoms with E-state index in [9.17, 15) is 9.59 Å². The molecule has 1 aliphatic rings. The Hall–Kier alpha value is -1.88. The summed E-state index contributed by atoms with van der Waals surface area (Å²) in [6, 6.07) is 7.30. The van der Waals surface area contributed by atoms with Gasteiger partial charge in [-0.3, -0.25) is 9.59 Å². The maximum Gasteiger partial charge on any atom is 0.250 e. The largest absolute Gasteiger partial charge is 0.375 e. The molecule has 0 aliphatic carbocycles. The molecular formula is C14H18N2O3. The van der Waals surface area contributed by atoms with Gasteiger partial charge in [-0.2, -0.15) is 0 Å². The lowest BCUT2D eigenvalue weighted by Gasteiger charge is -2.26. The van der Waals surface area contributed by atoms with Gasteiger partial charge in [0.25, 0.3) is 0 Å². The van der Waals surface area contributed by atoms with E-state index in [1.165, 1.54) is 7.11 Å². The molecule has 1 heterocycles. The minimum absolute atomic E-state index is 0.0341. The fraction of sp³-hybridized carbons (Fsp3) is 0.429. The van der Waals surface area contributed by atoms with Crippen LogP contribution in [0.3, 0.4) is 0 Å². The van der Waals surface area contributed by atoms with Crippen molar-refractivity contribution in [3.63, 3.8) is 0 Å². The molecule has 5 heteroatoms. The zero-order valence-electron chi connectivity index (χ0n) is 11.0. The average Bonchev–Trinajstić information content (AvgIpc) is 2.41. The second kappa shape index (κ2) is 6.33. The van der Waals surface area contributed by atoms with Crippen LogP contribution in [0.15, 0.2) is 24.3 Å². The number of hydrogen-bond donors (Lipinski definition) is 1. The Morgan fingerprint density at radius 3 is 2.68 bits per heavy atom. The second-order valence-corrected chi connectivity index (χ2v) is 4.53. The van der Waals surface area contributed by atoms with Gasteiger partial charge in [0.2, 0.25) is 11.8 Å². The fourth-order valence-corrected chi connectivity index (χ4v) is 2.13. The van der Waals surface area contributed by atoms with Crippen LogP contribution in [0.2, 0.25) is 0 Å². The second-order valence-electron chi connectivity index (χ2n) is 4.53. The Morgan fingerprint density at radius 2 is 2.05 bits per heavy atom. The van der Waals surface area contributed by atoms with Crippen LogP contribution in [-0.2, 0) is 14.3 Å². The SMILES string of the molecule is COCC(=O)Nc1ccc(N2CCCCC2=O)cc1. The third-order valence-corrected chi connectivity index (χ3v) is 3.06. The lowest BCUT2D eigenvalue weighted by molar-refractivity contribution is -0.120. The minimum Gasteiger partial charge on any atom is -0.375 e. The van der Waals surface area contributed by atoms with Crippen LogP contribution in [0.25, 0.3) is 0 Å². The number of carbonyl (C=O) groups is 2. The van der Waals surface area contributed by atoms with E-state index < -0.39 is 0 Å². The summed E-state index contributed by atoms with van der Waals surface area (Å²) in [5.41, 5.74) is 1.59. The van der Waals surface area contributed by atoms with Crippen molar-refractivity contribution in [3.05, 3.63) is 24.3 Å². The van der Waals surface area contributed by atoms with E-state index in [1.54, 1.807) is 17.0 Å². The van der Waals surface area contributed by atoms with Crippen molar-refractivity contribution < 1.29 is 14.3 Å². The third kappa shape index (κ3) is 3.54. The van der Waals surface area contributed by atoms with Crippen molar-refractivity contribution in [2.45, 2.75) is 19.3 Å². The molecule has 19 heavy (non-hydrogen) atoms. The molecule has 2 rings (SSSR count). The molecule has 0 radical (unpaired) electrons. The molecule has 0 unspecified atom stereocenters. The van der Waals surface area contributed by atoms with Crippen LogP contribution >= 0.6 is 0 Å². The number of ether oxygens (including phenoxy) is 1. The zero-order valence-corrected chi connectivity index (χ0v) is 11.0. The maximum absolute atomic E-state index is 11.8. The number of nitrogens with zero attached hydrogens (tertiary/aromatic N) is 1. The van der Waals surface area contributed by atoms with E-state index in [4.69, 9.17) is 4.74 Å².